The van der Waals surface area contributed by atoms with E-state index in [0.717, 1.165) is 12.8 Å². The molecule has 0 aromatic rings. The Balaban J connectivity index is 2.10. The summed E-state index contributed by atoms with van der Waals surface area (Å²) in [6.45, 7) is 1.77. The van der Waals surface area contributed by atoms with Crippen LogP contribution in [0.25, 0.3) is 0 Å². The SMILES string of the molecule is CC(N)CC(=O)N1C(C(=O)O)CSC1C1CC1. The van der Waals surface area contributed by atoms with Crippen LogP contribution in [-0.4, -0.2) is 45.1 Å². The van der Waals surface area contributed by atoms with Gasteiger partial charge in [-0.25, -0.2) is 4.79 Å². The van der Waals surface area contributed by atoms with Crippen LogP contribution in [0.1, 0.15) is 26.2 Å². The first kappa shape index (κ1) is 12.7. The topological polar surface area (TPSA) is 83.6 Å². The Hall–Kier alpha value is -0.750. The average molecular weight is 258 g/mol. The van der Waals surface area contributed by atoms with Gasteiger partial charge in [-0.05, 0) is 25.7 Å². The molecule has 1 aliphatic carbocycles. The zero-order chi connectivity index (χ0) is 12.6. The van der Waals surface area contributed by atoms with Crippen molar-refractivity contribution in [2.45, 2.75) is 43.6 Å². The summed E-state index contributed by atoms with van der Waals surface area (Å²) in [6, 6.07) is -0.890. The van der Waals surface area contributed by atoms with Crippen LogP contribution in [0, 0.1) is 5.92 Å². The maximum Gasteiger partial charge on any atom is 0.327 e. The van der Waals surface area contributed by atoms with E-state index in [4.69, 9.17) is 10.8 Å². The van der Waals surface area contributed by atoms with E-state index in [1.54, 1.807) is 23.6 Å². The highest BCUT2D eigenvalue weighted by molar-refractivity contribution is 8.00. The number of rotatable bonds is 4. The Morgan fingerprint density at radius 3 is 2.65 bits per heavy atom. The Morgan fingerprint density at radius 2 is 2.18 bits per heavy atom. The van der Waals surface area contributed by atoms with Crippen LogP contribution in [0.5, 0.6) is 0 Å². The van der Waals surface area contributed by atoms with Gasteiger partial charge in [-0.3, -0.25) is 4.79 Å². The fourth-order valence-corrected chi connectivity index (χ4v) is 3.81. The van der Waals surface area contributed by atoms with Crippen molar-refractivity contribution < 1.29 is 14.7 Å². The quantitative estimate of drug-likeness (QED) is 0.766. The van der Waals surface area contributed by atoms with E-state index in [-0.39, 0.29) is 23.7 Å². The van der Waals surface area contributed by atoms with Gasteiger partial charge in [0.25, 0.3) is 0 Å². The second-order valence-electron chi connectivity index (χ2n) is 4.90. The zero-order valence-electron chi connectivity index (χ0n) is 9.83. The fourth-order valence-electron chi connectivity index (χ4n) is 2.16. The fraction of sp³-hybridized carbons (Fsp3) is 0.818. The Kier molecular flexibility index (Phi) is 3.63. The number of hydrogen-bond donors (Lipinski definition) is 2. The molecule has 1 aliphatic heterocycles. The third-order valence-electron chi connectivity index (χ3n) is 3.13. The number of carboxylic acid groups (broad SMARTS) is 1. The highest BCUT2D eigenvalue weighted by Gasteiger charge is 2.47. The summed E-state index contributed by atoms with van der Waals surface area (Å²) < 4.78 is 0. The molecule has 0 bridgehead atoms. The number of carbonyl (C=O) groups excluding carboxylic acids is 1. The minimum Gasteiger partial charge on any atom is -0.480 e. The van der Waals surface area contributed by atoms with E-state index in [2.05, 4.69) is 0 Å². The van der Waals surface area contributed by atoms with Gasteiger partial charge in [0.1, 0.15) is 6.04 Å². The molecule has 2 aliphatic rings. The predicted molar refractivity (Wildman–Crippen MR) is 65.5 cm³/mol. The van der Waals surface area contributed by atoms with Gasteiger partial charge < -0.3 is 15.7 Å². The summed E-state index contributed by atoms with van der Waals surface area (Å²) in [6.07, 6.45) is 2.44. The molecule has 3 N–H and O–H groups in total. The Labute approximate surface area is 105 Å². The number of aliphatic carboxylic acids is 1. The van der Waals surface area contributed by atoms with Crippen LogP contribution in [-0.2, 0) is 9.59 Å². The van der Waals surface area contributed by atoms with Gasteiger partial charge >= 0.3 is 5.97 Å². The lowest BCUT2D eigenvalue weighted by Crippen LogP contribution is -2.47. The lowest BCUT2D eigenvalue weighted by atomic mass is 10.1. The first-order valence-electron chi connectivity index (χ1n) is 5.92. The number of thioether (sulfide) groups is 1. The van der Waals surface area contributed by atoms with Crippen molar-refractivity contribution in [3.63, 3.8) is 0 Å². The maximum absolute atomic E-state index is 12.1. The molecule has 17 heavy (non-hydrogen) atoms. The molecule has 0 spiro atoms. The predicted octanol–water partition coefficient (Wildman–Crippen LogP) is 0.488. The van der Waals surface area contributed by atoms with E-state index in [9.17, 15) is 9.59 Å². The third kappa shape index (κ3) is 2.74. The minimum atomic E-state index is -0.904. The zero-order valence-corrected chi connectivity index (χ0v) is 10.7. The summed E-state index contributed by atoms with van der Waals surface area (Å²) in [4.78, 5) is 24.8. The smallest absolute Gasteiger partial charge is 0.327 e. The van der Waals surface area contributed by atoms with Crippen LogP contribution < -0.4 is 5.73 Å². The molecule has 3 unspecified atom stereocenters. The molecule has 96 valence electrons. The van der Waals surface area contributed by atoms with Gasteiger partial charge in [0.2, 0.25) is 5.91 Å². The van der Waals surface area contributed by atoms with Crippen molar-refractivity contribution in [1.29, 1.82) is 0 Å². The minimum absolute atomic E-state index is 0.0577. The Bertz CT molecular complexity index is 331. The van der Waals surface area contributed by atoms with Gasteiger partial charge in [0.15, 0.2) is 0 Å². The molecule has 6 heteroatoms. The van der Waals surface area contributed by atoms with Crippen molar-refractivity contribution in [3.8, 4) is 0 Å². The van der Waals surface area contributed by atoms with Crippen LogP contribution in [0.2, 0.25) is 0 Å². The second kappa shape index (κ2) is 4.86. The van der Waals surface area contributed by atoms with E-state index in [1.807, 2.05) is 0 Å². The molecule has 1 heterocycles. The van der Waals surface area contributed by atoms with Gasteiger partial charge in [-0.2, -0.15) is 0 Å². The second-order valence-corrected chi connectivity index (χ2v) is 6.05. The van der Waals surface area contributed by atoms with E-state index < -0.39 is 12.0 Å². The molecule has 0 radical (unpaired) electrons. The molecule has 0 aromatic carbocycles. The van der Waals surface area contributed by atoms with Crippen molar-refractivity contribution in [2.24, 2.45) is 11.7 Å². The summed E-state index contributed by atoms with van der Waals surface area (Å²) in [5, 5.41) is 9.21. The molecule has 2 rings (SSSR count). The van der Waals surface area contributed by atoms with Gasteiger partial charge in [0, 0.05) is 18.2 Å². The van der Waals surface area contributed by atoms with Gasteiger partial charge in [-0.1, -0.05) is 0 Å². The van der Waals surface area contributed by atoms with Crippen molar-refractivity contribution in [3.05, 3.63) is 0 Å². The molecule has 5 nitrogen and oxygen atoms in total. The number of nitrogens with zero attached hydrogens (tertiary/aromatic N) is 1. The van der Waals surface area contributed by atoms with Crippen LogP contribution in [0.15, 0.2) is 0 Å². The molecular formula is C11H18N2O3S. The molecule has 0 aromatic heterocycles. The number of nitrogens with two attached hydrogens (primary N) is 1. The van der Waals surface area contributed by atoms with Crippen LogP contribution in [0.4, 0.5) is 0 Å². The molecule has 1 saturated heterocycles. The summed E-state index contributed by atoms with van der Waals surface area (Å²) in [7, 11) is 0. The molecule has 1 saturated carbocycles. The average Bonchev–Trinajstić information content (AvgIpc) is 2.95. The first-order chi connectivity index (χ1) is 8.00. The largest absolute Gasteiger partial charge is 0.480 e. The van der Waals surface area contributed by atoms with Crippen LogP contribution >= 0.6 is 11.8 Å². The highest BCUT2D eigenvalue weighted by Crippen LogP contribution is 2.45. The van der Waals surface area contributed by atoms with Crippen LogP contribution in [0.3, 0.4) is 0 Å². The third-order valence-corrected chi connectivity index (χ3v) is 4.59. The number of carbonyl (C=O) groups is 2. The van der Waals surface area contributed by atoms with E-state index in [1.165, 1.54) is 0 Å². The maximum atomic E-state index is 12.1. The lowest BCUT2D eigenvalue weighted by molar-refractivity contribution is -0.149. The summed E-state index contributed by atoms with van der Waals surface area (Å²) in [5.74, 6) is -0.0318. The van der Waals surface area contributed by atoms with Crippen molar-refractivity contribution >= 4 is 23.6 Å². The molecule has 3 atom stereocenters. The number of carboxylic acids is 1. The lowest BCUT2D eigenvalue weighted by Gasteiger charge is -2.28. The molecular weight excluding hydrogens is 240 g/mol. The monoisotopic (exact) mass is 258 g/mol. The number of hydrogen-bond acceptors (Lipinski definition) is 4. The molecule has 1 amide bonds. The van der Waals surface area contributed by atoms with E-state index in [0.29, 0.717) is 11.7 Å². The van der Waals surface area contributed by atoms with Crippen molar-refractivity contribution in [2.75, 3.05) is 5.75 Å². The van der Waals surface area contributed by atoms with Gasteiger partial charge in [-0.15, -0.1) is 11.8 Å². The normalized spacial score (nSPS) is 30.4. The molecule has 2 fully saturated rings. The first-order valence-corrected chi connectivity index (χ1v) is 6.96. The van der Waals surface area contributed by atoms with E-state index >= 15 is 0 Å². The van der Waals surface area contributed by atoms with Gasteiger partial charge in [0.05, 0.1) is 5.37 Å². The summed E-state index contributed by atoms with van der Waals surface area (Å²) >= 11 is 1.60. The van der Waals surface area contributed by atoms with Crippen molar-refractivity contribution in [1.82, 2.24) is 4.90 Å². The standard InChI is InChI=1S/C11H18N2O3S/c1-6(12)4-9(14)13-8(11(15)16)5-17-10(13)7-2-3-7/h6-8,10H,2-5,12H2,1H3,(H,15,16). The number of amides is 1. The highest BCUT2D eigenvalue weighted by atomic mass is 32.2. The summed E-state index contributed by atoms with van der Waals surface area (Å²) in [5.41, 5.74) is 5.62. The Morgan fingerprint density at radius 1 is 1.53 bits per heavy atom.